The number of aromatic nitrogens is 4. The van der Waals surface area contributed by atoms with Crippen molar-refractivity contribution in [1.29, 1.82) is 0 Å². The molecule has 18 atom stereocenters. The van der Waals surface area contributed by atoms with Gasteiger partial charge >= 0.3 is 0 Å². The van der Waals surface area contributed by atoms with Crippen LogP contribution in [0.3, 0.4) is 0 Å². The van der Waals surface area contributed by atoms with Crippen LogP contribution in [0.1, 0.15) is 274 Å². The van der Waals surface area contributed by atoms with E-state index in [1.807, 2.05) is 43.4 Å². The maximum absolute atomic E-state index is 14.6. The van der Waals surface area contributed by atoms with Crippen molar-refractivity contribution in [2.45, 2.75) is 242 Å². The van der Waals surface area contributed by atoms with E-state index in [0.717, 1.165) is 150 Å². The van der Waals surface area contributed by atoms with Crippen molar-refractivity contribution in [1.82, 2.24) is 19.9 Å². The van der Waals surface area contributed by atoms with Crippen LogP contribution in [0.2, 0.25) is 0 Å². The molecule has 4 aromatic rings. The molecule has 113 heavy (non-hydrogen) atoms. The molecule has 0 N–H and O–H groups in total. The minimum absolute atomic E-state index is 0.0102. The van der Waals surface area contributed by atoms with E-state index in [1.165, 1.54) is 82.3 Å². The number of rotatable bonds is 6. The lowest BCUT2D eigenvalue weighted by molar-refractivity contribution is -0.117. The van der Waals surface area contributed by atoms with E-state index in [4.69, 9.17) is 0 Å². The van der Waals surface area contributed by atoms with Crippen LogP contribution in [0.4, 0.5) is 26.3 Å². The molecule has 0 spiro atoms. The van der Waals surface area contributed by atoms with Gasteiger partial charge in [0.1, 0.15) is 0 Å². The van der Waals surface area contributed by atoms with Gasteiger partial charge in [-0.3, -0.25) is 29.1 Å². The Bertz CT molecular complexity index is 4880. The molecule has 20 rings (SSSR count). The lowest BCUT2D eigenvalue weighted by Crippen LogP contribution is -2.49. The molecule has 0 amide bonds. The summed E-state index contributed by atoms with van der Waals surface area (Å²) in [6.07, 6.45) is 52.1. The van der Waals surface area contributed by atoms with Gasteiger partial charge in [0.2, 0.25) is 11.9 Å². The molecule has 14 heteroatoms. The van der Waals surface area contributed by atoms with Crippen molar-refractivity contribution in [2.75, 3.05) is 0 Å². The lowest BCUT2D eigenvalue weighted by Gasteiger charge is -2.57. The predicted octanol–water partition coefficient (Wildman–Crippen LogP) is 24.7. The zero-order valence-corrected chi connectivity index (χ0v) is 67.6. The van der Waals surface area contributed by atoms with Crippen LogP contribution in [0, 0.1) is 121 Å². The molecule has 0 bridgehead atoms. The molecule has 8 saturated carbocycles. The summed E-state index contributed by atoms with van der Waals surface area (Å²) in [5.74, 6) is 6.49. The molecule has 0 saturated heterocycles. The Balaban J connectivity index is 0.000000109. The average molecular weight is 1540 g/mol. The number of ketones is 4. The highest BCUT2D eigenvalue weighted by atomic mass is 19.3. The largest absolute Gasteiger partial charge is 0.295 e. The first kappa shape index (κ1) is 77.8. The number of aryl methyl sites for hydroxylation is 1. The smallest absolute Gasteiger partial charge is 0.265 e. The number of carbonyl (C=O) groups is 4. The van der Waals surface area contributed by atoms with Gasteiger partial charge in [0, 0.05) is 90.4 Å². The number of pyridine rings is 4. The summed E-state index contributed by atoms with van der Waals surface area (Å²) < 4.78 is 80.8. The number of hydrogen-bond donors (Lipinski definition) is 0. The third-order valence-corrected chi connectivity index (χ3v) is 34.0. The normalized spacial score (nSPS) is 38.0. The fraction of sp³-hybridized carbons (Fsp3) is 0.556. The molecule has 0 aromatic carbocycles. The Labute approximate surface area is 664 Å². The van der Waals surface area contributed by atoms with Crippen LogP contribution < -0.4 is 0 Å². The monoisotopic (exact) mass is 1530 g/mol. The number of allylic oxidation sites excluding steroid dienone is 20. The number of hydrogen-bond acceptors (Lipinski definition) is 8. The van der Waals surface area contributed by atoms with Gasteiger partial charge in [-0.1, -0.05) is 125 Å². The minimum Gasteiger partial charge on any atom is -0.295 e. The molecule has 8 nitrogen and oxygen atoms in total. The molecule has 16 aliphatic rings. The second-order valence-corrected chi connectivity index (χ2v) is 39.1. The van der Waals surface area contributed by atoms with Crippen molar-refractivity contribution in [2.24, 2.45) is 102 Å². The van der Waals surface area contributed by atoms with Gasteiger partial charge in [-0.2, -0.15) is 8.78 Å². The maximum Gasteiger partial charge on any atom is 0.265 e. The number of nitrogens with zero attached hydrogens (tertiary/aromatic N) is 4. The molecule has 0 radical (unpaired) electrons. The van der Waals surface area contributed by atoms with Crippen LogP contribution in [0.5, 0.6) is 0 Å². The van der Waals surface area contributed by atoms with Crippen molar-refractivity contribution in [3.63, 3.8) is 0 Å². The Morgan fingerprint density at radius 1 is 0.381 bits per heavy atom. The zero-order valence-electron chi connectivity index (χ0n) is 67.6. The number of alkyl halides is 4. The molecule has 16 aliphatic carbocycles. The maximum atomic E-state index is 14.6. The van der Waals surface area contributed by atoms with Gasteiger partial charge in [0.05, 0.1) is 0 Å². The van der Waals surface area contributed by atoms with E-state index in [1.54, 1.807) is 42.5 Å². The van der Waals surface area contributed by atoms with Crippen molar-refractivity contribution < 1.29 is 45.5 Å². The molecule has 8 fully saturated rings. The van der Waals surface area contributed by atoms with E-state index in [0.29, 0.717) is 108 Å². The lowest BCUT2D eigenvalue weighted by atomic mass is 9.46. The second kappa shape index (κ2) is 28.9. The van der Waals surface area contributed by atoms with E-state index in [-0.39, 0.29) is 66.2 Å². The molecule has 0 aliphatic heterocycles. The quantitative estimate of drug-likeness (QED) is 0.138. The average Bonchev–Trinajstić information content (AvgIpc) is 1.68. The van der Waals surface area contributed by atoms with Gasteiger partial charge in [-0.15, -0.1) is 0 Å². The third-order valence-electron chi connectivity index (χ3n) is 34.0. The number of carbonyl (C=O) groups excluding carboxylic acids is 4. The highest BCUT2D eigenvalue weighted by molar-refractivity contribution is 5.94. The topological polar surface area (TPSA) is 120 Å². The SMILES string of the molecule is C[C@]12CCC(=O)C=C1CC[C@@H]1[C@@H]2CC[C@]2(C)C(c3cncc(C(F)F)c3)=CC[C@@H]12.C[C@]12CC[C@H]3[C@@H](CCC4=CC(=O)CC[C@@]43C)C1=CC=C2c1ccc(F)nc1.C[C@]12CC[C@H]3[C@@H](CCC4=CC(=O)CC[C@@]43C)C1=CC=C2c1cncc(C(F)F)c1.Cc1cnc(F)c(C2=CC[C@H]3[C@@H]4CCC5=CC(=O)CC[C@]5(C)[C@H]4CC[C@]23C)c1. The van der Waals surface area contributed by atoms with E-state index < -0.39 is 18.8 Å². The Morgan fingerprint density at radius 2 is 0.788 bits per heavy atom. The second-order valence-electron chi connectivity index (χ2n) is 39.1. The number of halogens is 6. The van der Waals surface area contributed by atoms with Crippen molar-refractivity contribution in [3.05, 3.63) is 213 Å². The molecule has 4 heterocycles. The minimum atomic E-state index is -2.50. The molecular weight excluding hydrogens is 1420 g/mol. The molecule has 594 valence electrons. The standard InChI is InChI=1S/C25H29F2NO.C25H27F2NO.C25H30FNO.C24H26FNO/c2*1-24-9-7-18(29)12-17(24)3-4-19-21-6-5-20(25(21,2)10-8-22(19)24)15-11-16(23(26)27)14-28-13-15;1-15-12-19(23(26)27-14-15)21-7-6-20-18-5-4-16-13-17(28)8-10-24(16,2)22(18)9-11-25(20,21)3;1-23-11-9-17(27)13-16(23)4-5-18-20-7-6-19(15-3-8-22(25)26-14-15)24(20,2)12-10-21(18)23/h5,11-14,19,21-23H,3-4,6-10H2,1-2H3;5-6,11-14,19,22-23H,3-4,7-10H2,1-2H3;7,12-14,18,20,22H,4-6,8-11H2,1-3H3;3,6-8,13-14,18,21H,4-5,9-12H2,1-2H3/t19-,21-,22-,24-,25+;19-,22-,24-,25+;18-,20-,22-,24-,25-;18-,21-,23-,24+/m0000/s1. The first-order valence-corrected chi connectivity index (χ1v) is 42.8. The van der Waals surface area contributed by atoms with Gasteiger partial charge in [-0.25, -0.2) is 27.5 Å². The summed E-state index contributed by atoms with van der Waals surface area (Å²) in [7, 11) is 0. The van der Waals surface area contributed by atoms with Crippen LogP contribution in [-0.4, -0.2) is 43.1 Å². The predicted molar refractivity (Wildman–Crippen MR) is 432 cm³/mol. The fourth-order valence-electron chi connectivity index (χ4n) is 27.8. The van der Waals surface area contributed by atoms with Gasteiger partial charge < -0.3 is 0 Å². The molecular formula is C99H112F6N4O4. The first-order valence-electron chi connectivity index (χ1n) is 42.8. The van der Waals surface area contributed by atoms with Crippen molar-refractivity contribution >= 4 is 45.4 Å². The Hall–Kier alpha value is -7.74. The summed E-state index contributed by atoms with van der Waals surface area (Å²) in [6.45, 7) is 20.9. The zero-order chi connectivity index (χ0) is 79.3. The van der Waals surface area contributed by atoms with Crippen LogP contribution in [0.25, 0.3) is 22.3 Å². The molecule has 4 aromatic heterocycles. The van der Waals surface area contributed by atoms with Gasteiger partial charge in [-0.05, 0) is 339 Å². The van der Waals surface area contributed by atoms with Crippen LogP contribution in [-0.2, 0) is 19.2 Å². The van der Waals surface area contributed by atoms with E-state index in [2.05, 4.69) is 112 Å². The van der Waals surface area contributed by atoms with Crippen LogP contribution >= 0.6 is 0 Å². The summed E-state index contributed by atoms with van der Waals surface area (Å²) in [5, 5.41) is 0. The Kier molecular flexibility index (Phi) is 19.9. The molecule has 0 unspecified atom stereocenters. The fourth-order valence-corrected chi connectivity index (χ4v) is 27.8. The highest BCUT2D eigenvalue weighted by Gasteiger charge is 2.61. The van der Waals surface area contributed by atoms with Crippen LogP contribution in [0.15, 0.2) is 162 Å². The first-order chi connectivity index (χ1) is 53.9. The Morgan fingerprint density at radius 3 is 1.23 bits per heavy atom. The van der Waals surface area contributed by atoms with E-state index >= 15 is 0 Å². The van der Waals surface area contributed by atoms with E-state index in [9.17, 15) is 45.5 Å². The highest BCUT2D eigenvalue weighted by Crippen LogP contribution is 2.71. The van der Waals surface area contributed by atoms with Crippen molar-refractivity contribution in [3.8, 4) is 0 Å². The number of fused-ring (bicyclic) bond motifs is 20. The third kappa shape index (κ3) is 12.9. The van der Waals surface area contributed by atoms with Gasteiger partial charge in [0.25, 0.3) is 12.9 Å². The van der Waals surface area contributed by atoms with Gasteiger partial charge in [0.15, 0.2) is 23.1 Å². The summed E-state index contributed by atoms with van der Waals surface area (Å²) in [4.78, 5) is 64.0. The summed E-state index contributed by atoms with van der Waals surface area (Å²) >= 11 is 0. The summed E-state index contributed by atoms with van der Waals surface area (Å²) in [5.41, 5.74) is 18.5. The summed E-state index contributed by atoms with van der Waals surface area (Å²) in [6, 6.07) is 8.54.